The molecule has 0 amide bonds. The van der Waals surface area contributed by atoms with Crippen molar-refractivity contribution in [1.82, 2.24) is 4.90 Å². The highest BCUT2D eigenvalue weighted by Crippen LogP contribution is 2.15. The molecule has 0 bridgehead atoms. The average Bonchev–Trinajstić information content (AvgIpc) is 1.85. The number of carboxylic acids is 1. The molecular formula is C7H15NO2. The standard InChI is InChI=1S/C7H15NO2/c1-5-7(2,6(9)10)8(3)4/h5H2,1-4H3,(H,9,10)/t7-/m0/s1. The Morgan fingerprint density at radius 3 is 2.00 bits per heavy atom. The van der Waals surface area contributed by atoms with Gasteiger partial charge in [0.2, 0.25) is 0 Å². The fourth-order valence-corrected chi connectivity index (χ4v) is 0.659. The topological polar surface area (TPSA) is 40.5 Å². The minimum Gasteiger partial charge on any atom is -0.480 e. The number of nitrogens with zero attached hydrogens (tertiary/aromatic N) is 1. The third kappa shape index (κ3) is 1.48. The van der Waals surface area contributed by atoms with E-state index in [-0.39, 0.29) is 0 Å². The predicted octanol–water partition coefficient (Wildman–Crippen LogP) is 0.801. The first-order valence-electron chi connectivity index (χ1n) is 3.36. The summed E-state index contributed by atoms with van der Waals surface area (Å²) in [5.41, 5.74) is -0.708. The van der Waals surface area contributed by atoms with Crippen molar-refractivity contribution in [2.75, 3.05) is 14.1 Å². The van der Waals surface area contributed by atoms with Crippen LogP contribution in [0.4, 0.5) is 0 Å². The van der Waals surface area contributed by atoms with Crippen molar-refractivity contribution in [2.24, 2.45) is 0 Å². The van der Waals surface area contributed by atoms with Gasteiger partial charge in [-0.15, -0.1) is 0 Å². The lowest BCUT2D eigenvalue weighted by Crippen LogP contribution is -2.47. The van der Waals surface area contributed by atoms with E-state index in [0.717, 1.165) is 0 Å². The predicted molar refractivity (Wildman–Crippen MR) is 40.0 cm³/mol. The number of aliphatic carboxylic acids is 1. The zero-order valence-corrected chi connectivity index (χ0v) is 7.01. The monoisotopic (exact) mass is 145 g/mol. The van der Waals surface area contributed by atoms with Crippen molar-refractivity contribution < 1.29 is 9.90 Å². The van der Waals surface area contributed by atoms with Crippen LogP contribution in [0.5, 0.6) is 0 Å². The zero-order valence-electron chi connectivity index (χ0n) is 7.01. The normalized spacial score (nSPS) is 16.9. The molecule has 1 atom stereocenters. The summed E-state index contributed by atoms with van der Waals surface area (Å²) in [6, 6.07) is 0. The van der Waals surface area contributed by atoms with Gasteiger partial charge in [0.15, 0.2) is 0 Å². The summed E-state index contributed by atoms with van der Waals surface area (Å²) < 4.78 is 0. The third-order valence-electron chi connectivity index (χ3n) is 2.14. The molecule has 0 saturated carbocycles. The molecule has 1 N–H and O–H groups in total. The van der Waals surface area contributed by atoms with E-state index in [2.05, 4.69) is 0 Å². The second-order valence-electron chi connectivity index (χ2n) is 2.83. The summed E-state index contributed by atoms with van der Waals surface area (Å²) in [6.45, 7) is 3.59. The molecule has 0 aromatic heterocycles. The van der Waals surface area contributed by atoms with E-state index in [1.807, 2.05) is 6.92 Å². The second-order valence-corrected chi connectivity index (χ2v) is 2.83. The summed E-state index contributed by atoms with van der Waals surface area (Å²) in [7, 11) is 3.55. The van der Waals surface area contributed by atoms with E-state index in [4.69, 9.17) is 5.11 Å². The van der Waals surface area contributed by atoms with Gasteiger partial charge in [-0.2, -0.15) is 0 Å². The molecule has 0 unspecified atom stereocenters. The van der Waals surface area contributed by atoms with Gasteiger partial charge >= 0.3 is 5.97 Å². The molecule has 0 aliphatic rings. The van der Waals surface area contributed by atoms with Gasteiger partial charge in [0.1, 0.15) is 5.54 Å². The molecule has 0 spiro atoms. The molecule has 0 aliphatic heterocycles. The lowest BCUT2D eigenvalue weighted by Gasteiger charge is -2.30. The first kappa shape index (κ1) is 9.43. The Hall–Kier alpha value is -0.570. The van der Waals surface area contributed by atoms with E-state index in [0.29, 0.717) is 6.42 Å². The van der Waals surface area contributed by atoms with Crippen molar-refractivity contribution >= 4 is 5.97 Å². The number of likely N-dealkylation sites (N-methyl/N-ethyl adjacent to an activating group) is 1. The minimum atomic E-state index is -0.764. The van der Waals surface area contributed by atoms with Crippen LogP contribution in [0.15, 0.2) is 0 Å². The number of carboxylic acid groups (broad SMARTS) is 1. The summed E-state index contributed by atoms with van der Waals surface area (Å²) in [5.74, 6) is -0.764. The molecule has 3 nitrogen and oxygen atoms in total. The van der Waals surface area contributed by atoms with Gasteiger partial charge in [-0.3, -0.25) is 9.69 Å². The number of rotatable bonds is 3. The lowest BCUT2D eigenvalue weighted by molar-refractivity contribution is -0.149. The summed E-state index contributed by atoms with van der Waals surface area (Å²) in [5, 5.41) is 8.76. The third-order valence-corrected chi connectivity index (χ3v) is 2.14. The van der Waals surface area contributed by atoms with Gasteiger partial charge in [-0.05, 0) is 27.4 Å². The molecule has 0 aromatic rings. The van der Waals surface area contributed by atoms with Crippen LogP contribution in [0.2, 0.25) is 0 Å². The SMILES string of the molecule is CC[C@@](C)(C(=O)O)N(C)C. The van der Waals surface area contributed by atoms with E-state index >= 15 is 0 Å². The van der Waals surface area contributed by atoms with Crippen LogP contribution in [0.25, 0.3) is 0 Å². The van der Waals surface area contributed by atoms with Gasteiger partial charge in [-0.1, -0.05) is 6.92 Å². The van der Waals surface area contributed by atoms with Crippen LogP contribution in [0.1, 0.15) is 20.3 Å². The first-order valence-corrected chi connectivity index (χ1v) is 3.36. The molecule has 0 rings (SSSR count). The smallest absolute Gasteiger partial charge is 0.323 e. The average molecular weight is 145 g/mol. The van der Waals surface area contributed by atoms with Crippen molar-refractivity contribution in [3.05, 3.63) is 0 Å². The molecule has 60 valence electrons. The van der Waals surface area contributed by atoms with Crippen molar-refractivity contribution in [2.45, 2.75) is 25.8 Å². The van der Waals surface area contributed by atoms with Gasteiger partial charge < -0.3 is 5.11 Å². The number of carbonyl (C=O) groups is 1. The maximum Gasteiger partial charge on any atom is 0.323 e. The molecule has 10 heavy (non-hydrogen) atoms. The largest absolute Gasteiger partial charge is 0.480 e. The summed E-state index contributed by atoms with van der Waals surface area (Å²) in [6.07, 6.45) is 0.620. The van der Waals surface area contributed by atoms with E-state index in [1.54, 1.807) is 25.9 Å². The van der Waals surface area contributed by atoms with Crippen LogP contribution in [-0.2, 0) is 4.79 Å². The van der Waals surface area contributed by atoms with Crippen molar-refractivity contribution in [3.63, 3.8) is 0 Å². The fraction of sp³-hybridized carbons (Fsp3) is 0.857. The first-order chi connectivity index (χ1) is 4.45. The van der Waals surface area contributed by atoms with E-state index in [9.17, 15) is 4.79 Å². The molecule has 0 aliphatic carbocycles. The van der Waals surface area contributed by atoms with Crippen molar-refractivity contribution in [1.29, 1.82) is 0 Å². The van der Waals surface area contributed by atoms with Gasteiger partial charge in [0.05, 0.1) is 0 Å². The van der Waals surface area contributed by atoms with E-state index in [1.165, 1.54) is 0 Å². The Morgan fingerprint density at radius 2 is 2.00 bits per heavy atom. The van der Waals surface area contributed by atoms with Crippen LogP contribution in [-0.4, -0.2) is 35.6 Å². The minimum absolute atomic E-state index is 0.620. The van der Waals surface area contributed by atoms with Gasteiger partial charge in [-0.25, -0.2) is 0 Å². The Labute approximate surface area is 61.6 Å². The number of hydrogen-bond donors (Lipinski definition) is 1. The molecular weight excluding hydrogens is 130 g/mol. The molecule has 0 heterocycles. The van der Waals surface area contributed by atoms with Crippen LogP contribution in [0, 0.1) is 0 Å². The maximum atomic E-state index is 10.7. The van der Waals surface area contributed by atoms with Crippen LogP contribution >= 0.6 is 0 Å². The Morgan fingerprint density at radius 1 is 1.60 bits per heavy atom. The Bertz CT molecular complexity index is 134. The highest BCUT2D eigenvalue weighted by Gasteiger charge is 2.32. The quantitative estimate of drug-likeness (QED) is 0.638. The second kappa shape index (κ2) is 3.01. The fourth-order valence-electron chi connectivity index (χ4n) is 0.659. The van der Waals surface area contributed by atoms with Crippen LogP contribution < -0.4 is 0 Å². The molecule has 0 radical (unpaired) electrons. The highest BCUT2D eigenvalue weighted by atomic mass is 16.4. The molecule has 3 heteroatoms. The number of hydrogen-bond acceptors (Lipinski definition) is 2. The maximum absolute atomic E-state index is 10.7. The summed E-state index contributed by atoms with van der Waals surface area (Å²) in [4.78, 5) is 12.4. The lowest BCUT2D eigenvalue weighted by atomic mass is 9.98. The van der Waals surface area contributed by atoms with Crippen LogP contribution in [0.3, 0.4) is 0 Å². The molecule has 0 aromatic carbocycles. The molecule has 0 fully saturated rings. The van der Waals surface area contributed by atoms with Crippen molar-refractivity contribution in [3.8, 4) is 0 Å². The zero-order chi connectivity index (χ0) is 8.36. The van der Waals surface area contributed by atoms with Gasteiger partial charge in [0.25, 0.3) is 0 Å². The van der Waals surface area contributed by atoms with Gasteiger partial charge in [0, 0.05) is 0 Å². The molecule has 0 saturated heterocycles. The Kier molecular flexibility index (Phi) is 2.84. The van der Waals surface area contributed by atoms with E-state index < -0.39 is 11.5 Å². The highest BCUT2D eigenvalue weighted by molar-refractivity contribution is 5.78. The summed E-state index contributed by atoms with van der Waals surface area (Å²) >= 11 is 0. The Balaban J connectivity index is 4.38.